The van der Waals surface area contributed by atoms with Crippen molar-refractivity contribution in [1.29, 1.82) is 0 Å². The second kappa shape index (κ2) is 7.09. The predicted octanol–water partition coefficient (Wildman–Crippen LogP) is 2.07. The molecule has 0 aliphatic carbocycles. The van der Waals surface area contributed by atoms with Crippen molar-refractivity contribution in [2.75, 3.05) is 7.11 Å². The lowest BCUT2D eigenvalue weighted by Gasteiger charge is -2.10. The number of amides is 1. The number of nitrogens with one attached hydrogen (secondary N) is 1. The average molecular weight is 322 g/mol. The van der Waals surface area contributed by atoms with E-state index in [1.54, 1.807) is 17.4 Å². The Morgan fingerprint density at radius 2 is 2.27 bits per heavy atom. The Balaban J connectivity index is 2.05. The van der Waals surface area contributed by atoms with E-state index in [4.69, 9.17) is 11.6 Å². The minimum Gasteiger partial charge on any atom is -0.469 e. The molecule has 1 atom stereocenters. The van der Waals surface area contributed by atoms with Gasteiger partial charge in [-0.1, -0.05) is 17.7 Å². The number of hydrogen-bond acceptors (Lipinski definition) is 4. The van der Waals surface area contributed by atoms with Crippen LogP contribution in [-0.2, 0) is 14.3 Å². The van der Waals surface area contributed by atoms with Gasteiger partial charge in [0, 0.05) is 18.3 Å². The van der Waals surface area contributed by atoms with Crippen LogP contribution >= 0.6 is 11.6 Å². The smallest absolute Gasteiger partial charge is 0.307 e. The molecule has 0 aromatic carbocycles. The van der Waals surface area contributed by atoms with Crippen LogP contribution in [0.4, 0.5) is 0 Å². The molecule has 2 rings (SSSR count). The molecule has 0 bridgehead atoms. The zero-order valence-electron chi connectivity index (χ0n) is 12.2. The molecular formula is C15H16ClN3O3. The molecule has 0 spiro atoms. The van der Waals surface area contributed by atoms with E-state index in [0.717, 1.165) is 0 Å². The lowest BCUT2D eigenvalue weighted by atomic mass is 10.2. The van der Waals surface area contributed by atoms with Gasteiger partial charge in [-0.05, 0) is 25.1 Å². The minimum absolute atomic E-state index is 0.118. The van der Waals surface area contributed by atoms with Gasteiger partial charge in [0.2, 0.25) is 5.91 Å². The van der Waals surface area contributed by atoms with E-state index in [-0.39, 0.29) is 24.3 Å². The van der Waals surface area contributed by atoms with Gasteiger partial charge in [-0.25, -0.2) is 4.98 Å². The highest BCUT2D eigenvalue weighted by atomic mass is 35.5. The number of nitrogens with zero attached hydrogens (tertiary/aromatic N) is 2. The molecule has 22 heavy (non-hydrogen) atoms. The first-order valence-corrected chi connectivity index (χ1v) is 7.07. The Hall–Kier alpha value is -2.34. The summed E-state index contributed by atoms with van der Waals surface area (Å²) in [6.07, 6.45) is 4.87. The van der Waals surface area contributed by atoms with Crippen LogP contribution in [0.15, 0.2) is 30.5 Å². The minimum atomic E-state index is -0.374. The van der Waals surface area contributed by atoms with Crippen LogP contribution in [0.5, 0.6) is 0 Å². The molecule has 2 heterocycles. The molecule has 1 N–H and O–H groups in total. The summed E-state index contributed by atoms with van der Waals surface area (Å²) >= 11 is 6.07. The number of methoxy groups -OCH3 is 1. The maximum absolute atomic E-state index is 11.8. The third kappa shape index (κ3) is 3.85. The molecule has 1 amide bonds. The highest BCUT2D eigenvalue weighted by Gasteiger charge is 2.11. The van der Waals surface area contributed by atoms with E-state index < -0.39 is 0 Å². The van der Waals surface area contributed by atoms with Crippen LogP contribution in [-0.4, -0.2) is 34.4 Å². The molecule has 0 saturated carbocycles. The van der Waals surface area contributed by atoms with Crippen molar-refractivity contribution in [3.63, 3.8) is 0 Å². The monoisotopic (exact) mass is 321 g/mol. The summed E-state index contributed by atoms with van der Waals surface area (Å²) in [5.41, 5.74) is 1.32. The van der Waals surface area contributed by atoms with Crippen LogP contribution < -0.4 is 5.32 Å². The number of rotatable bonds is 5. The van der Waals surface area contributed by atoms with E-state index in [9.17, 15) is 9.59 Å². The van der Waals surface area contributed by atoms with Crippen molar-refractivity contribution in [3.8, 4) is 0 Å². The Labute approximate surface area is 132 Å². The van der Waals surface area contributed by atoms with Gasteiger partial charge in [0.05, 0.1) is 19.2 Å². The van der Waals surface area contributed by atoms with Gasteiger partial charge in [-0.2, -0.15) is 0 Å². The normalized spacial score (nSPS) is 12.5. The van der Waals surface area contributed by atoms with Crippen molar-refractivity contribution < 1.29 is 14.3 Å². The molecule has 2 aromatic rings. The summed E-state index contributed by atoms with van der Waals surface area (Å²) in [5, 5.41) is 2.99. The van der Waals surface area contributed by atoms with Gasteiger partial charge < -0.3 is 10.1 Å². The summed E-state index contributed by atoms with van der Waals surface area (Å²) in [4.78, 5) is 27.1. The largest absolute Gasteiger partial charge is 0.469 e. The fraction of sp³-hybridized carbons (Fsp3) is 0.267. The lowest BCUT2D eigenvalue weighted by Crippen LogP contribution is -2.33. The molecule has 2 aromatic heterocycles. The fourth-order valence-corrected chi connectivity index (χ4v) is 2.21. The van der Waals surface area contributed by atoms with Gasteiger partial charge in [0.15, 0.2) is 5.15 Å². The number of carbonyl (C=O) groups is 2. The van der Waals surface area contributed by atoms with Crippen LogP contribution in [0.25, 0.3) is 11.7 Å². The van der Waals surface area contributed by atoms with E-state index in [1.165, 1.54) is 13.2 Å². The zero-order valence-corrected chi connectivity index (χ0v) is 13.0. The van der Waals surface area contributed by atoms with Crippen molar-refractivity contribution in [2.45, 2.75) is 19.4 Å². The molecule has 0 saturated heterocycles. The number of fused-ring (bicyclic) bond motifs is 1. The number of esters is 1. The third-order valence-electron chi connectivity index (χ3n) is 3.00. The van der Waals surface area contributed by atoms with Crippen LogP contribution in [0.3, 0.4) is 0 Å². The van der Waals surface area contributed by atoms with Gasteiger partial charge >= 0.3 is 5.97 Å². The summed E-state index contributed by atoms with van der Waals surface area (Å²) in [7, 11) is 1.31. The van der Waals surface area contributed by atoms with Gasteiger partial charge in [-0.3, -0.25) is 14.0 Å². The SMILES string of the molecule is COC(=O)CC(C)NC(=O)/C=C/c1c(Cl)nc2ccccn12. The molecule has 0 fully saturated rings. The van der Waals surface area contributed by atoms with Crippen molar-refractivity contribution >= 4 is 35.2 Å². The summed E-state index contributed by atoms with van der Waals surface area (Å²) in [6.45, 7) is 1.73. The Morgan fingerprint density at radius 1 is 1.50 bits per heavy atom. The number of pyridine rings is 1. The highest BCUT2D eigenvalue weighted by molar-refractivity contribution is 6.31. The molecule has 7 heteroatoms. The maximum Gasteiger partial charge on any atom is 0.307 e. The average Bonchev–Trinajstić information content (AvgIpc) is 2.80. The molecule has 116 valence electrons. The standard InChI is InChI=1S/C15H16ClN3O3/c1-10(9-14(21)22-2)17-13(20)7-6-11-15(16)18-12-5-3-4-8-19(11)12/h3-8,10H,9H2,1-2H3,(H,17,20)/b7-6+. The number of imidazole rings is 1. The number of hydrogen-bond donors (Lipinski definition) is 1. The summed E-state index contributed by atoms with van der Waals surface area (Å²) in [5.74, 6) is -0.694. The number of aromatic nitrogens is 2. The quantitative estimate of drug-likeness (QED) is 0.676. The van der Waals surface area contributed by atoms with Gasteiger partial charge in [0.1, 0.15) is 5.65 Å². The van der Waals surface area contributed by atoms with E-state index in [1.807, 2.05) is 24.4 Å². The lowest BCUT2D eigenvalue weighted by molar-refractivity contribution is -0.141. The first-order chi connectivity index (χ1) is 10.5. The number of carbonyl (C=O) groups excluding carboxylic acids is 2. The van der Waals surface area contributed by atoms with E-state index in [2.05, 4.69) is 15.0 Å². The van der Waals surface area contributed by atoms with Gasteiger partial charge in [-0.15, -0.1) is 0 Å². The summed E-state index contributed by atoms with van der Waals surface area (Å²) in [6, 6.07) is 5.21. The maximum atomic E-state index is 11.8. The van der Waals surface area contributed by atoms with Crippen LogP contribution in [0.2, 0.25) is 5.15 Å². The molecule has 0 radical (unpaired) electrons. The molecule has 0 aliphatic rings. The molecule has 6 nitrogen and oxygen atoms in total. The van der Waals surface area contributed by atoms with E-state index in [0.29, 0.717) is 16.5 Å². The topological polar surface area (TPSA) is 72.7 Å². The first kappa shape index (κ1) is 16.0. The number of ether oxygens (including phenoxy) is 1. The predicted molar refractivity (Wildman–Crippen MR) is 83.5 cm³/mol. The molecule has 1 unspecified atom stereocenters. The number of halogens is 1. The van der Waals surface area contributed by atoms with E-state index >= 15 is 0 Å². The van der Waals surface area contributed by atoms with Crippen molar-refractivity contribution in [2.24, 2.45) is 0 Å². The Morgan fingerprint density at radius 3 is 3.00 bits per heavy atom. The van der Waals surface area contributed by atoms with Crippen LogP contribution in [0.1, 0.15) is 19.0 Å². The van der Waals surface area contributed by atoms with Crippen molar-refractivity contribution in [1.82, 2.24) is 14.7 Å². The Kier molecular flexibility index (Phi) is 5.16. The molecular weight excluding hydrogens is 306 g/mol. The zero-order chi connectivity index (χ0) is 16.1. The van der Waals surface area contributed by atoms with Crippen molar-refractivity contribution in [3.05, 3.63) is 41.3 Å². The second-order valence-corrected chi connectivity index (χ2v) is 5.10. The summed E-state index contributed by atoms with van der Waals surface area (Å²) < 4.78 is 6.33. The van der Waals surface area contributed by atoms with Crippen LogP contribution in [0, 0.1) is 0 Å². The first-order valence-electron chi connectivity index (χ1n) is 6.69. The third-order valence-corrected chi connectivity index (χ3v) is 3.28. The van der Waals surface area contributed by atoms with Gasteiger partial charge in [0.25, 0.3) is 0 Å². The Bertz CT molecular complexity index is 724. The fourth-order valence-electron chi connectivity index (χ4n) is 1.97. The highest BCUT2D eigenvalue weighted by Crippen LogP contribution is 2.18. The second-order valence-electron chi connectivity index (χ2n) is 4.74. The molecule has 0 aliphatic heterocycles.